The number of halogens is 1. The largest absolute Gasteiger partial charge is 0.494 e. The highest BCUT2D eigenvalue weighted by Gasteiger charge is 2.15. The van der Waals surface area contributed by atoms with Gasteiger partial charge in [-0.05, 0) is 71.2 Å². The lowest BCUT2D eigenvalue weighted by atomic mass is 10.1. The van der Waals surface area contributed by atoms with Gasteiger partial charge in [0.2, 0.25) is 0 Å². The van der Waals surface area contributed by atoms with E-state index in [0.717, 1.165) is 5.56 Å². The fourth-order valence-electron chi connectivity index (χ4n) is 3.15. The predicted molar refractivity (Wildman–Crippen MR) is 136 cm³/mol. The van der Waals surface area contributed by atoms with E-state index in [1.54, 1.807) is 36.4 Å². The Morgan fingerprint density at radius 3 is 2.47 bits per heavy atom. The lowest BCUT2D eigenvalue weighted by Gasteiger charge is -2.15. The number of nitriles is 1. The van der Waals surface area contributed by atoms with E-state index in [9.17, 15) is 10.1 Å². The van der Waals surface area contributed by atoms with Crippen LogP contribution in [0.4, 0.5) is 5.69 Å². The fraction of sp³-hybridized carbons (Fsp3) is 0.185. The van der Waals surface area contributed by atoms with Crippen LogP contribution >= 0.6 is 15.9 Å². The first-order valence-corrected chi connectivity index (χ1v) is 11.6. The van der Waals surface area contributed by atoms with E-state index >= 15 is 0 Å². The second kappa shape index (κ2) is 12.5. The quantitative estimate of drug-likeness (QED) is 0.248. The van der Waals surface area contributed by atoms with E-state index in [1.165, 1.54) is 6.08 Å². The molecule has 0 aliphatic rings. The standard InChI is InChI=1S/C27H25BrN2O4/c1-3-32-23-12-8-11-22(16-23)30-27(31)21(17-29)13-20-14-24(28)26(25(15-20)33-4-2)34-18-19-9-6-5-7-10-19/h5-16H,3-4,18H2,1-2H3,(H,30,31). The summed E-state index contributed by atoms with van der Waals surface area (Å²) in [6.45, 7) is 5.09. The van der Waals surface area contributed by atoms with E-state index in [1.807, 2.05) is 50.2 Å². The third-order valence-electron chi connectivity index (χ3n) is 4.64. The van der Waals surface area contributed by atoms with Gasteiger partial charge in [-0.2, -0.15) is 5.26 Å². The van der Waals surface area contributed by atoms with Gasteiger partial charge >= 0.3 is 0 Å². The molecule has 0 aliphatic heterocycles. The molecule has 6 nitrogen and oxygen atoms in total. The highest BCUT2D eigenvalue weighted by atomic mass is 79.9. The maximum Gasteiger partial charge on any atom is 0.266 e. The molecule has 1 N–H and O–H groups in total. The second-order valence-electron chi connectivity index (χ2n) is 7.12. The van der Waals surface area contributed by atoms with Crippen LogP contribution in [0.1, 0.15) is 25.0 Å². The summed E-state index contributed by atoms with van der Waals surface area (Å²) in [5.41, 5.74) is 2.14. The first kappa shape index (κ1) is 24.9. The number of anilines is 1. The molecule has 0 radical (unpaired) electrons. The van der Waals surface area contributed by atoms with E-state index in [2.05, 4.69) is 21.2 Å². The van der Waals surface area contributed by atoms with Crippen LogP contribution in [0, 0.1) is 11.3 Å². The molecule has 0 fully saturated rings. The molecule has 0 saturated carbocycles. The van der Waals surface area contributed by atoms with Crippen LogP contribution < -0.4 is 19.5 Å². The monoisotopic (exact) mass is 520 g/mol. The molecular weight excluding hydrogens is 496 g/mol. The Labute approximate surface area is 207 Å². The first-order chi connectivity index (χ1) is 16.5. The van der Waals surface area contributed by atoms with Gasteiger partial charge in [0.1, 0.15) is 24.0 Å². The average molecular weight is 521 g/mol. The number of nitrogens with one attached hydrogen (secondary N) is 1. The van der Waals surface area contributed by atoms with Crippen LogP contribution in [0.15, 0.2) is 76.8 Å². The zero-order valence-electron chi connectivity index (χ0n) is 19.0. The van der Waals surface area contributed by atoms with Crippen LogP contribution in [0.25, 0.3) is 6.08 Å². The van der Waals surface area contributed by atoms with Gasteiger partial charge in [0.25, 0.3) is 5.91 Å². The van der Waals surface area contributed by atoms with Gasteiger partial charge in [-0.25, -0.2) is 0 Å². The molecule has 0 bridgehead atoms. The minimum Gasteiger partial charge on any atom is -0.494 e. The molecule has 0 unspecified atom stereocenters. The molecule has 0 aromatic heterocycles. The summed E-state index contributed by atoms with van der Waals surface area (Å²) in [4.78, 5) is 12.7. The van der Waals surface area contributed by atoms with Crippen LogP contribution in [0.5, 0.6) is 17.2 Å². The van der Waals surface area contributed by atoms with Gasteiger partial charge in [0.05, 0.1) is 17.7 Å². The average Bonchev–Trinajstić information content (AvgIpc) is 2.83. The molecule has 0 heterocycles. The van der Waals surface area contributed by atoms with Crippen molar-refractivity contribution in [1.29, 1.82) is 5.26 Å². The van der Waals surface area contributed by atoms with Gasteiger partial charge in [0.15, 0.2) is 11.5 Å². The Balaban J connectivity index is 1.82. The van der Waals surface area contributed by atoms with Crippen LogP contribution in [0.3, 0.4) is 0 Å². The van der Waals surface area contributed by atoms with Crippen LogP contribution in [-0.4, -0.2) is 19.1 Å². The van der Waals surface area contributed by atoms with Crippen molar-refractivity contribution in [3.8, 4) is 23.3 Å². The van der Waals surface area contributed by atoms with Gasteiger partial charge in [0, 0.05) is 11.8 Å². The number of carbonyl (C=O) groups is 1. The Kier molecular flexibility index (Phi) is 9.12. The molecule has 0 atom stereocenters. The SMILES string of the molecule is CCOc1cccc(NC(=O)C(C#N)=Cc2cc(Br)c(OCc3ccccc3)c(OCC)c2)c1. The first-order valence-electron chi connectivity index (χ1n) is 10.8. The Bertz CT molecular complexity index is 1200. The molecule has 3 aromatic carbocycles. The van der Waals surface area contributed by atoms with Gasteiger partial charge in [-0.15, -0.1) is 0 Å². The van der Waals surface area contributed by atoms with E-state index in [4.69, 9.17) is 14.2 Å². The third kappa shape index (κ3) is 6.87. The number of carbonyl (C=O) groups excluding carboxylic acids is 1. The summed E-state index contributed by atoms with van der Waals surface area (Å²) >= 11 is 3.54. The molecule has 34 heavy (non-hydrogen) atoms. The summed E-state index contributed by atoms with van der Waals surface area (Å²) in [6.07, 6.45) is 1.51. The van der Waals surface area contributed by atoms with E-state index < -0.39 is 5.91 Å². The van der Waals surface area contributed by atoms with Crippen LogP contribution in [0.2, 0.25) is 0 Å². The lowest BCUT2D eigenvalue weighted by molar-refractivity contribution is -0.112. The van der Waals surface area contributed by atoms with E-state index in [-0.39, 0.29) is 5.57 Å². The Morgan fingerprint density at radius 2 is 1.76 bits per heavy atom. The molecule has 7 heteroatoms. The van der Waals surface area contributed by atoms with Crippen molar-refractivity contribution in [1.82, 2.24) is 0 Å². The minimum atomic E-state index is -0.519. The number of rotatable bonds is 10. The van der Waals surface area contributed by atoms with Gasteiger partial charge in [-0.1, -0.05) is 36.4 Å². The normalized spacial score (nSPS) is 10.8. The lowest BCUT2D eigenvalue weighted by Crippen LogP contribution is -2.13. The van der Waals surface area contributed by atoms with Crippen molar-refractivity contribution >= 4 is 33.6 Å². The molecular formula is C27H25BrN2O4. The molecule has 0 saturated heterocycles. The Morgan fingerprint density at radius 1 is 1.00 bits per heavy atom. The summed E-state index contributed by atoms with van der Waals surface area (Å²) in [6, 6.07) is 22.3. The third-order valence-corrected chi connectivity index (χ3v) is 5.23. The highest BCUT2D eigenvalue weighted by molar-refractivity contribution is 9.10. The molecule has 3 aromatic rings. The molecule has 3 rings (SSSR count). The predicted octanol–water partition coefficient (Wildman–Crippen LogP) is 6.37. The van der Waals surface area contributed by atoms with Gasteiger partial charge in [-0.3, -0.25) is 4.79 Å². The summed E-state index contributed by atoms with van der Waals surface area (Å²) in [5.74, 6) is 1.19. The van der Waals surface area contributed by atoms with Crippen molar-refractivity contribution in [3.05, 3.63) is 87.9 Å². The number of hydrogen-bond acceptors (Lipinski definition) is 5. The molecule has 174 valence electrons. The number of benzene rings is 3. The fourth-order valence-corrected chi connectivity index (χ4v) is 3.72. The number of ether oxygens (including phenoxy) is 3. The van der Waals surface area contributed by atoms with Crippen molar-refractivity contribution in [2.75, 3.05) is 18.5 Å². The maximum absolute atomic E-state index is 12.7. The van der Waals surface area contributed by atoms with Crippen molar-refractivity contribution < 1.29 is 19.0 Å². The Hall–Kier alpha value is -3.76. The number of amides is 1. The maximum atomic E-state index is 12.7. The summed E-state index contributed by atoms with van der Waals surface area (Å²) in [5, 5.41) is 12.3. The summed E-state index contributed by atoms with van der Waals surface area (Å²) < 4.78 is 17.9. The van der Waals surface area contributed by atoms with E-state index in [0.29, 0.717) is 52.8 Å². The number of hydrogen-bond donors (Lipinski definition) is 1. The molecule has 0 aliphatic carbocycles. The smallest absolute Gasteiger partial charge is 0.266 e. The van der Waals surface area contributed by atoms with Crippen molar-refractivity contribution in [2.24, 2.45) is 0 Å². The van der Waals surface area contributed by atoms with Crippen molar-refractivity contribution in [2.45, 2.75) is 20.5 Å². The minimum absolute atomic E-state index is 0.0471. The van der Waals surface area contributed by atoms with Gasteiger partial charge < -0.3 is 19.5 Å². The topological polar surface area (TPSA) is 80.6 Å². The van der Waals surface area contributed by atoms with Crippen molar-refractivity contribution in [3.63, 3.8) is 0 Å². The number of nitrogens with zero attached hydrogens (tertiary/aromatic N) is 1. The zero-order valence-corrected chi connectivity index (χ0v) is 20.6. The zero-order chi connectivity index (χ0) is 24.3. The van der Waals surface area contributed by atoms with Crippen LogP contribution in [-0.2, 0) is 11.4 Å². The summed E-state index contributed by atoms with van der Waals surface area (Å²) in [7, 11) is 0. The molecule has 1 amide bonds. The molecule has 0 spiro atoms. The second-order valence-corrected chi connectivity index (χ2v) is 7.98. The highest BCUT2D eigenvalue weighted by Crippen LogP contribution is 2.38.